The number of hydrogen-bond donors (Lipinski definition) is 3. The SMILES string of the molecule is CCCNC(=O)CCNC(=O)c1cccc(S(=O)(=O)NCc2ccccc2)c1. The fraction of sp³-hybridized carbons (Fsp3) is 0.300. The number of rotatable bonds is 10. The number of sulfonamides is 1. The molecular weight excluding hydrogens is 378 g/mol. The molecule has 8 heteroatoms. The lowest BCUT2D eigenvalue weighted by Gasteiger charge is -2.09. The van der Waals surface area contributed by atoms with E-state index in [0.717, 1.165) is 12.0 Å². The highest BCUT2D eigenvalue weighted by molar-refractivity contribution is 7.89. The Morgan fingerprint density at radius 1 is 0.929 bits per heavy atom. The van der Waals surface area contributed by atoms with Crippen LogP contribution >= 0.6 is 0 Å². The van der Waals surface area contributed by atoms with Gasteiger partial charge in [0.05, 0.1) is 4.90 Å². The average Bonchev–Trinajstić information content (AvgIpc) is 2.71. The van der Waals surface area contributed by atoms with E-state index in [1.807, 2.05) is 37.3 Å². The molecule has 28 heavy (non-hydrogen) atoms. The zero-order valence-corrected chi connectivity index (χ0v) is 16.6. The molecule has 0 saturated heterocycles. The van der Waals surface area contributed by atoms with Gasteiger partial charge in [-0.3, -0.25) is 9.59 Å². The molecule has 2 aromatic rings. The zero-order valence-electron chi connectivity index (χ0n) is 15.8. The summed E-state index contributed by atoms with van der Waals surface area (Å²) in [5.74, 6) is -0.563. The van der Waals surface area contributed by atoms with E-state index in [1.54, 1.807) is 0 Å². The lowest BCUT2D eigenvalue weighted by molar-refractivity contribution is -0.120. The first-order valence-electron chi connectivity index (χ1n) is 9.11. The van der Waals surface area contributed by atoms with Crippen molar-refractivity contribution in [2.75, 3.05) is 13.1 Å². The van der Waals surface area contributed by atoms with E-state index in [4.69, 9.17) is 0 Å². The third-order valence-corrected chi connectivity index (χ3v) is 5.32. The van der Waals surface area contributed by atoms with E-state index in [2.05, 4.69) is 15.4 Å². The summed E-state index contributed by atoms with van der Waals surface area (Å²) < 4.78 is 27.5. The molecule has 0 aliphatic carbocycles. The second-order valence-corrected chi connectivity index (χ2v) is 7.96. The fourth-order valence-electron chi connectivity index (χ4n) is 2.41. The Morgan fingerprint density at radius 3 is 2.39 bits per heavy atom. The number of carbonyl (C=O) groups excluding carboxylic acids is 2. The van der Waals surface area contributed by atoms with Crippen molar-refractivity contribution in [3.8, 4) is 0 Å². The predicted octanol–water partition coefficient (Wildman–Crippen LogP) is 1.81. The Kier molecular flexibility index (Phi) is 8.16. The van der Waals surface area contributed by atoms with Crippen LogP contribution in [0.4, 0.5) is 0 Å². The van der Waals surface area contributed by atoms with E-state index in [-0.39, 0.29) is 35.9 Å². The van der Waals surface area contributed by atoms with Gasteiger partial charge in [-0.2, -0.15) is 0 Å². The van der Waals surface area contributed by atoms with Gasteiger partial charge in [0.15, 0.2) is 0 Å². The fourth-order valence-corrected chi connectivity index (χ4v) is 3.47. The van der Waals surface area contributed by atoms with Crippen LogP contribution in [0.25, 0.3) is 0 Å². The molecule has 2 rings (SSSR count). The zero-order chi connectivity index (χ0) is 20.4. The molecule has 2 amide bonds. The molecule has 2 aromatic carbocycles. The maximum Gasteiger partial charge on any atom is 0.251 e. The van der Waals surface area contributed by atoms with Crippen molar-refractivity contribution >= 4 is 21.8 Å². The van der Waals surface area contributed by atoms with Crippen LogP contribution in [-0.2, 0) is 21.4 Å². The summed E-state index contributed by atoms with van der Waals surface area (Å²) in [5, 5.41) is 5.35. The summed E-state index contributed by atoms with van der Waals surface area (Å²) in [7, 11) is -3.75. The Labute approximate surface area is 165 Å². The standard InChI is InChI=1S/C20H25N3O4S/c1-2-12-21-19(24)11-13-22-20(25)17-9-6-10-18(14-17)28(26,27)23-15-16-7-4-3-5-8-16/h3-10,14,23H,2,11-13,15H2,1H3,(H,21,24)(H,22,25). The third-order valence-electron chi connectivity index (χ3n) is 3.93. The molecule has 0 aliphatic heterocycles. The summed E-state index contributed by atoms with van der Waals surface area (Å²) in [6.07, 6.45) is 1.01. The van der Waals surface area contributed by atoms with Crippen LogP contribution in [0, 0.1) is 0 Å². The Bertz CT molecular complexity index is 899. The highest BCUT2D eigenvalue weighted by atomic mass is 32.2. The average molecular weight is 404 g/mol. The molecule has 0 aromatic heterocycles. The van der Waals surface area contributed by atoms with Crippen LogP contribution in [0.5, 0.6) is 0 Å². The van der Waals surface area contributed by atoms with Gasteiger partial charge in [0.2, 0.25) is 15.9 Å². The Hall–Kier alpha value is -2.71. The van der Waals surface area contributed by atoms with Crippen LogP contribution in [-0.4, -0.2) is 33.3 Å². The maximum atomic E-state index is 12.5. The molecule has 0 radical (unpaired) electrons. The van der Waals surface area contributed by atoms with Gasteiger partial charge in [-0.05, 0) is 30.2 Å². The minimum Gasteiger partial charge on any atom is -0.356 e. The largest absolute Gasteiger partial charge is 0.356 e. The van der Waals surface area contributed by atoms with Gasteiger partial charge in [-0.15, -0.1) is 0 Å². The summed E-state index contributed by atoms with van der Waals surface area (Å²) in [5.41, 5.74) is 1.05. The minimum absolute atomic E-state index is 0.0109. The number of benzene rings is 2. The number of hydrogen-bond acceptors (Lipinski definition) is 4. The van der Waals surface area contributed by atoms with E-state index in [0.29, 0.717) is 6.54 Å². The molecule has 0 spiro atoms. The van der Waals surface area contributed by atoms with Crippen molar-refractivity contribution in [3.63, 3.8) is 0 Å². The summed E-state index contributed by atoms with van der Waals surface area (Å²) >= 11 is 0. The number of amides is 2. The molecule has 0 saturated carbocycles. The van der Waals surface area contributed by atoms with Gasteiger partial charge < -0.3 is 10.6 Å². The highest BCUT2D eigenvalue weighted by Crippen LogP contribution is 2.12. The number of nitrogens with one attached hydrogen (secondary N) is 3. The van der Waals surface area contributed by atoms with E-state index in [1.165, 1.54) is 24.3 Å². The molecule has 0 unspecified atom stereocenters. The molecule has 0 bridgehead atoms. The lowest BCUT2D eigenvalue weighted by Crippen LogP contribution is -2.31. The third kappa shape index (κ3) is 6.79. The molecule has 3 N–H and O–H groups in total. The first kappa shape index (κ1) is 21.6. The second-order valence-electron chi connectivity index (χ2n) is 6.19. The van der Waals surface area contributed by atoms with Crippen molar-refractivity contribution in [1.29, 1.82) is 0 Å². The first-order valence-corrected chi connectivity index (χ1v) is 10.6. The maximum absolute atomic E-state index is 12.5. The second kappa shape index (κ2) is 10.6. The van der Waals surface area contributed by atoms with Crippen LogP contribution in [0.15, 0.2) is 59.5 Å². The molecule has 150 valence electrons. The summed E-state index contributed by atoms with van der Waals surface area (Å²) in [6.45, 7) is 2.89. The van der Waals surface area contributed by atoms with Gasteiger partial charge in [0.1, 0.15) is 0 Å². The topological polar surface area (TPSA) is 104 Å². The summed E-state index contributed by atoms with van der Waals surface area (Å²) in [4.78, 5) is 23.8. The van der Waals surface area contributed by atoms with Crippen LogP contribution in [0.2, 0.25) is 0 Å². The van der Waals surface area contributed by atoms with Crippen molar-refractivity contribution in [2.24, 2.45) is 0 Å². The smallest absolute Gasteiger partial charge is 0.251 e. The van der Waals surface area contributed by atoms with Gasteiger partial charge in [-0.25, -0.2) is 13.1 Å². The molecule has 0 atom stereocenters. The van der Waals surface area contributed by atoms with Gasteiger partial charge >= 0.3 is 0 Å². The van der Waals surface area contributed by atoms with E-state index in [9.17, 15) is 18.0 Å². The monoisotopic (exact) mass is 403 g/mol. The minimum atomic E-state index is -3.75. The Balaban J connectivity index is 1.94. The lowest BCUT2D eigenvalue weighted by atomic mass is 10.2. The molecular formula is C20H25N3O4S. The predicted molar refractivity (Wildman–Crippen MR) is 107 cm³/mol. The molecule has 0 heterocycles. The van der Waals surface area contributed by atoms with Crippen molar-refractivity contribution in [1.82, 2.24) is 15.4 Å². The van der Waals surface area contributed by atoms with Gasteiger partial charge in [-0.1, -0.05) is 43.3 Å². The van der Waals surface area contributed by atoms with Gasteiger partial charge in [0.25, 0.3) is 5.91 Å². The van der Waals surface area contributed by atoms with Gasteiger partial charge in [0, 0.05) is 31.6 Å². The quantitative estimate of drug-likeness (QED) is 0.563. The number of carbonyl (C=O) groups is 2. The first-order chi connectivity index (χ1) is 13.4. The Morgan fingerprint density at radius 2 is 1.68 bits per heavy atom. The van der Waals surface area contributed by atoms with E-state index < -0.39 is 15.9 Å². The van der Waals surface area contributed by atoms with Crippen LogP contribution in [0.3, 0.4) is 0 Å². The van der Waals surface area contributed by atoms with Crippen molar-refractivity contribution in [3.05, 3.63) is 65.7 Å². The van der Waals surface area contributed by atoms with Crippen molar-refractivity contribution < 1.29 is 18.0 Å². The van der Waals surface area contributed by atoms with E-state index >= 15 is 0 Å². The highest BCUT2D eigenvalue weighted by Gasteiger charge is 2.16. The molecule has 7 nitrogen and oxygen atoms in total. The van der Waals surface area contributed by atoms with Crippen molar-refractivity contribution in [2.45, 2.75) is 31.2 Å². The molecule has 0 aliphatic rings. The van der Waals surface area contributed by atoms with Crippen LogP contribution < -0.4 is 15.4 Å². The molecule has 0 fully saturated rings. The van der Waals surface area contributed by atoms with Crippen LogP contribution in [0.1, 0.15) is 35.7 Å². The normalized spacial score (nSPS) is 11.0. The summed E-state index contributed by atoms with van der Waals surface area (Å²) in [6, 6.07) is 15.0.